The molecule has 1 aromatic rings. The van der Waals surface area contributed by atoms with E-state index in [0.29, 0.717) is 23.4 Å². The van der Waals surface area contributed by atoms with Crippen molar-refractivity contribution < 1.29 is 17.9 Å². The van der Waals surface area contributed by atoms with E-state index in [1.165, 1.54) is 13.2 Å². The van der Waals surface area contributed by atoms with E-state index in [1.807, 2.05) is 0 Å². The number of carbonyl (C=O) groups excluding carboxylic acids is 1. The fraction of sp³-hybridized carbons (Fsp3) is 0.462. The Balaban J connectivity index is 2.19. The minimum atomic E-state index is -3.07. The van der Waals surface area contributed by atoms with Gasteiger partial charge in [-0.2, -0.15) is 0 Å². The van der Waals surface area contributed by atoms with Gasteiger partial charge in [0.1, 0.15) is 5.75 Å². The second kappa shape index (κ2) is 4.97. The van der Waals surface area contributed by atoms with E-state index < -0.39 is 15.4 Å². The first-order valence-corrected chi connectivity index (χ1v) is 8.03. The Morgan fingerprint density at radius 1 is 1.40 bits per heavy atom. The third kappa shape index (κ3) is 3.22. The Labute approximate surface area is 118 Å². The number of hydrogen-bond acceptors (Lipinski definition) is 5. The van der Waals surface area contributed by atoms with Gasteiger partial charge in [0, 0.05) is 17.3 Å². The summed E-state index contributed by atoms with van der Waals surface area (Å²) in [6, 6.07) is 4.71. The van der Waals surface area contributed by atoms with Gasteiger partial charge >= 0.3 is 0 Å². The van der Waals surface area contributed by atoms with Gasteiger partial charge < -0.3 is 15.8 Å². The molecule has 0 saturated carbocycles. The summed E-state index contributed by atoms with van der Waals surface area (Å²) in [4.78, 5) is 12.2. The Hall–Kier alpha value is -1.76. The molecule has 110 valence electrons. The smallest absolute Gasteiger partial charge is 0.251 e. The molecule has 1 aliphatic rings. The average Bonchev–Trinajstić information content (AvgIpc) is 2.62. The molecule has 7 heteroatoms. The molecule has 0 bridgehead atoms. The van der Waals surface area contributed by atoms with E-state index in [2.05, 4.69) is 5.32 Å². The predicted octanol–water partition coefficient (Wildman–Crippen LogP) is 0.584. The minimum Gasteiger partial charge on any atom is -0.497 e. The Kier molecular flexibility index (Phi) is 3.64. The molecule has 1 aliphatic heterocycles. The van der Waals surface area contributed by atoms with Crippen molar-refractivity contribution in [2.45, 2.75) is 18.9 Å². The van der Waals surface area contributed by atoms with Crippen LogP contribution in [0.3, 0.4) is 0 Å². The maximum absolute atomic E-state index is 12.2. The van der Waals surface area contributed by atoms with Crippen molar-refractivity contribution in [3.05, 3.63) is 23.8 Å². The van der Waals surface area contributed by atoms with Crippen molar-refractivity contribution in [2.75, 3.05) is 24.3 Å². The molecule has 0 radical (unpaired) electrons. The highest BCUT2D eigenvalue weighted by atomic mass is 32.2. The van der Waals surface area contributed by atoms with Crippen molar-refractivity contribution in [3.63, 3.8) is 0 Å². The fourth-order valence-corrected chi connectivity index (χ4v) is 4.42. The van der Waals surface area contributed by atoms with Crippen molar-refractivity contribution in [2.24, 2.45) is 0 Å². The first-order valence-electron chi connectivity index (χ1n) is 6.21. The summed E-state index contributed by atoms with van der Waals surface area (Å²) in [5.74, 6) is 0.199. The highest BCUT2D eigenvalue weighted by molar-refractivity contribution is 7.91. The quantitative estimate of drug-likeness (QED) is 0.796. The van der Waals surface area contributed by atoms with Crippen molar-refractivity contribution in [1.29, 1.82) is 0 Å². The second-order valence-electron chi connectivity index (χ2n) is 5.35. The molecule has 3 N–H and O–H groups in total. The number of carbonyl (C=O) groups is 1. The molecule has 1 heterocycles. The first kappa shape index (κ1) is 14.6. The number of methoxy groups -OCH3 is 1. The Bertz CT molecular complexity index is 642. The zero-order chi connectivity index (χ0) is 15.0. The van der Waals surface area contributed by atoms with Crippen LogP contribution >= 0.6 is 0 Å². The van der Waals surface area contributed by atoms with Crippen LogP contribution in [0.5, 0.6) is 5.75 Å². The molecule has 1 fully saturated rings. The largest absolute Gasteiger partial charge is 0.497 e. The highest BCUT2D eigenvalue weighted by Gasteiger charge is 2.39. The predicted molar refractivity (Wildman–Crippen MR) is 76.5 cm³/mol. The molecule has 6 nitrogen and oxygen atoms in total. The lowest BCUT2D eigenvalue weighted by molar-refractivity contribution is 0.0915. The number of rotatable bonds is 3. The summed E-state index contributed by atoms with van der Waals surface area (Å²) in [7, 11) is -1.58. The standard InChI is InChI=1S/C13H18N2O4S/c1-13(3-4-20(17,18)8-13)15-12(16)9-5-10(14)7-11(6-9)19-2/h5-7H,3-4,8,14H2,1-2H3,(H,15,16). The molecule has 0 spiro atoms. The van der Waals surface area contributed by atoms with Gasteiger partial charge in [-0.25, -0.2) is 8.42 Å². The van der Waals surface area contributed by atoms with Crippen molar-refractivity contribution in [3.8, 4) is 5.75 Å². The number of hydrogen-bond donors (Lipinski definition) is 2. The van der Waals surface area contributed by atoms with Crippen LogP contribution in [0.15, 0.2) is 18.2 Å². The molecule has 2 rings (SSSR count). The van der Waals surface area contributed by atoms with Crippen LogP contribution in [0.2, 0.25) is 0 Å². The Morgan fingerprint density at radius 2 is 2.10 bits per heavy atom. The van der Waals surface area contributed by atoms with Gasteiger partial charge in [0.05, 0.1) is 24.2 Å². The fourth-order valence-electron chi connectivity index (χ4n) is 2.33. The summed E-state index contributed by atoms with van der Waals surface area (Å²) < 4.78 is 28.1. The van der Waals surface area contributed by atoms with E-state index in [9.17, 15) is 13.2 Å². The van der Waals surface area contributed by atoms with Gasteiger partial charge in [-0.3, -0.25) is 4.79 Å². The lowest BCUT2D eigenvalue weighted by atomic mass is 10.0. The SMILES string of the molecule is COc1cc(N)cc(C(=O)NC2(C)CCS(=O)(=O)C2)c1. The third-order valence-corrected chi connectivity index (χ3v) is 5.25. The molecule has 1 aromatic carbocycles. The zero-order valence-corrected chi connectivity index (χ0v) is 12.3. The molecular weight excluding hydrogens is 280 g/mol. The van der Waals surface area contributed by atoms with Crippen LogP contribution < -0.4 is 15.8 Å². The molecule has 1 amide bonds. The van der Waals surface area contributed by atoms with Gasteiger partial charge in [-0.05, 0) is 25.5 Å². The number of nitrogen functional groups attached to an aromatic ring is 1. The molecule has 1 unspecified atom stereocenters. The van der Waals surface area contributed by atoms with Gasteiger partial charge in [0.25, 0.3) is 5.91 Å². The second-order valence-corrected chi connectivity index (χ2v) is 7.54. The minimum absolute atomic E-state index is 0.0365. The molecule has 1 saturated heterocycles. The van der Waals surface area contributed by atoms with Gasteiger partial charge in [0.15, 0.2) is 9.84 Å². The maximum Gasteiger partial charge on any atom is 0.251 e. The molecule has 0 aliphatic carbocycles. The lowest BCUT2D eigenvalue weighted by Crippen LogP contribution is -2.46. The van der Waals surface area contributed by atoms with E-state index in [4.69, 9.17) is 10.5 Å². The van der Waals surface area contributed by atoms with Crippen LogP contribution in [0, 0.1) is 0 Å². The number of ether oxygens (including phenoxy) is 1. The van der Waals surface area contributed by atoms with E-state index >= 15 is 0 Å². The summed E-state index contributed by atoms with van der Waals surface area (Å²) in [5.41, 5.74) is 5.74. The summed E-state index contributed by atoms with van der Waals surface area (Å²) in [5, 5.41) is 2.78. The monoisotopic (exact) mass is 298 g/mol. The first-order chi connectivity index (χ1) is 9.23. The van der Waals surface area contributed by atoms with Gasteiger partial charge in [-0.1, -0.05) is 0 Å². The van der Waals surface area contributed by atoms with Crippen molar-refractivity contribution in [1.82, 2.24) is 5.32 Å². The van der Waals surface area contributed by atoms with Crippen LogP contribution in [-0.2, 0) is 9.84 Å². The van der Waals surface area contributed by atoms with E-state index in [0.717, 1.165) is 0 Å². The lowest BCUT2D eigenvalue weighted by Gasteiger charge is -2.24. The van der Waals surface area contributed by atoms with Gasteiger partial charge in [0.2, 0.25) is 0 Å². The number of sulfone groups is 1. The van der Waals surface area contributed by atoms with E-state index in [1.54, 1.807) is 19.1 Å². The summed E-state index contributed by atoms with van der Waals surface area (Å²) in [6.07, 6.45) is 0.417. The van der Waals surface area contributed by atoms with Crippen LogP contribution in [-0.4, -0.2) is 38.5 Å². The molecule has 20 heavy (non-hydrogen) atoms. The third-order valence-electron chi connectivity index (χ3n) is 3.35. The summed E-state index contributed by atoms with van der Waals surface area (Å²) >= 11 is 0. The zero-order valence-electron chi connectivity index (χ0n) is 11.5. The highest BCUT2D eigenvalue weighted by Crippen LogP contribution is 2.24. The molecular formula is C13H18N2O4S. The van der Waals surface area contributed by atoms with Crippen molar-refractivity contribution >= 4 is 21.4 Å². The molecule has 0 aromatic heterocycles. The topological polar surface area (TPSA) is 98.5 Å². The van der Waals surface area contributed by atoms with Crippen LogP contribution in [0.4, 0.5) is 5.69 Å². The number of amides is 1. The summed E-state index contributed by atoms with van der Waals surface area (Å²) in [6.45, 7) is 1.74. The molecule has 1 atom stereocenters. The average molecular weight is 298 g/mol. The number of benzene rings is 1. The maximum atomic E-state index is 12.2. The Morgan fingerprint density at radius 3 is 2.65 bits per heavy atom. The van der Waals surface area contributed by atoms with Gasteiger partial charge in [-0.15, -0.1) is 0 Å². The number of nitrogens with two attached hydrogens (primary N) is 1. The number of nitrogens with one attached hydrogen (secondary N) is 1. The van der Waals surface area contributed by atoms with Crippen LogP contribution in [0.25, 0.3) is 0 Å². The number of anilines is 1. The normalized spacial score (nSPS) is 24.3. The van der Waals surface area contributed by atoms with Crippen LogP contribution in [0.1, 0.15) is 23.7 Å². The van der Waals surface area contributed by atoms with E-state index in [-0.39, 0.29) is 17.4 Å².